The van der Waals surface area contributed by atoms with Crippen molar-refractivity contribution in [3.63, 3.8) is 0 Å². The fraction of sp³-hybridized carbons (Fsp3) is 0.143. The largest absolute Gasteiger partial charge is 0.491 e. The quantitative estimate of drug-likeness (QED) is 0.567. The van der Waals surface area contributed by atoms with Crippen molar-refractivity contribution in [1.29, 1.82) is 0 Å². The van der Waals surface area contributed by atoms with Gasteiger partial charge in [0, 0.05) is 5.39 Å². The SMILES string of the molecule is Cc1ccc2c(c1)c(=O)oc(=O)n2CCOc1cccc2ccccc12. The third-order valence-corrected chi connectivity index (χ3v) is 4.39. The van der Waals surface area contributed by atoms with Crippen LogP contribution >= 0.6 is 0 Å². The van der Waals surface area contributed by atoms with Crippen LogP contribution in [0.25, 0.3) is 21.7 Å². The Kier molecular flexibility index (Phi) is 4.05. The standard InChI is InChI=1S/C21H17NO4/c1-14-9-10-18-17(13-14)20(23)26-21(24)22(18)11-12-25-19-8-4-6-15-5-2-3-7-16(15)19/h2-10,13H,11-12H2,1H3. The second-order valence-corrected chi connectivity index (χ2v) is 6.15. The molecule has 5 nitrogen and oxygen atoms in total. The van der Waals surface area contributed by atoms with Gasteiger partial charge in [0.2, 0.25) is 0 Å². The summed E-state index contributed by atoms with van der Waals surface area (Å²) in [6.07, 6.45) is 0. The fourth-order valence-electron chi connectivity index (χ4n) is 3.12. The molecule has 0 N–H and O–H groups in total. The normalized spacial score (nSPS) is 11.1. The maximum absolute atomic E-state index is 12.1. The van der Waals surface area contributed by atoms with Gasteiger partial charge in [-0.05, 0) is 30.5 Å². The van der Waals surface area contributed by atoms with E-state index in [4.69, 9.17) is 9.15 Å². The van der Waals surface area contributed by atoms with E-state index in [0.29, 0.717) is 10.9 Å². The summed E-state index contributed by atoms with van der Waals surface area (Å²) in [6.45, 7) is 2.45. The van der Waals surface area contributed by atoms with Crippen molar-refractivity contribution in [2.45, 2.75) is 13.5 Å². The van der Waals surface area contributed by atoms with Gasteiger partial charge in [-0.2, -0.15) is 0 Å². The first-order chi connectivity index (χ1) is 12.6. The molecular weight excluding hydrogens is 330 g/mol. The van der Waals surface area contributed by atoms with Crippen LogP contribution in [0.4, 0.5) is 0 Å². The maximum atomic E-state index is 12.1. The maximum Gasteiger partial charge on any atom is 0.422 e. The molecule has 0 amide bonds. The molecule has 0 fully saturated rings. The molecule has 0 aliphatic carbocycles. The van der Waals surface area contributed by atoms with Gasteiger partial charge in [0.15, 0.2) is 0 Å². The average Bonchev–Trinajstić information content (AvgIpc) is 2.65. The number of fused-ring (bicyclic) bond motifs is 2. The molecule has 0 atom stereocenters. The third-order valence-electron chi connectivity index (χ3n) is 4.39. The van der Waals surface area contributed by atoms with Gasteiger partial charge in [-0.25, -0.2) is 9.59 Å². The molecule has 4 rings (SSSR count). The molecule has 26 heavy (non-hydrogen) atoms. The lowest BCUT2D eigenvalue weighted by Crippen LogP contribution is -2.27. The van der Waals surface area contributed by atoms with Crippen molar-refractivity contribution in [1.82, 2.24) is 4.57 Å². The monoisotopic (exact) mass is 347 g/mol. The lowest BCUT2D eigenvalue weighted by atomic mass is 10.1. The topological polar surface area (TPSA) is 61.4 Å². The van der Waals surface area contributed by atoms with E-state index in [2.05, 4.69) is 0 Å². The molecule has 1 aromatic heterocycles. The van der Waals surface area contributed by atoms with Crippen LogP contribution in [0.15, 0.2) is 74.7 Å². The van der Waals surface area contributed by atoms with Crippen molar-refractivity contribution >= 4 is 21.7 Å². The zero-order chi connectivity index (χ0) is 18.1. The highest BCUT2D eigenvalue weighted by Crippen LogP contribution is 2.25. The summed E-state index contributed by atoms with van der Waals surface area (Å²) in [4.78, 5) is 24.1. The molecule has 1 heterocycles. The van der Waals surface area contributed by atoms with E-state index in [-0.39, 0.29) is 13.2 Å². The van der Waals surface area contributed by atoms with E-state index in [0.717, 1.165) is 22.1 Å². The molecular formula is C21H17NO4. The van der Waals surface area contributed by atoms with Gasteiger partial charge in [0.1, 0.15) is 12.4 Å². The Morgan fingerprint density at radius 2 is 1.77 bits per heavy atom. The van der Waals surface area contributed by atoms with Gasteiger partial charge >= 0.3 is 11.4 Å². The number of rotatable bonds is 4. The number of hydrogen-bond acceptors (Lipinski definition) is 4. The van der Waals surface area contributed by atoms with Crippen molar-refractivity contribution in [3.8, 4) is 5.75 Å². The second kappa shape index (κ2) is 6.52. The van der Waals surface area contributed by atoms with Gasteiger partial charge in [0.05, 0.1) is 17.4 Å². The summed E-state index contributed by atoms with van der Waals surface area (Å²) in [5.41, 5.74) is 0.875. The van der Waals surface area contributed by atoms with Crippen LogP contribution < -0.4 is 16.1 Å². The zero-order valence-corrected chi connectivity index (χ0v) is 14.3. The van der Waals surface area contributed by atoms with Crippen LogP contribution in [0, 0.1) is 6.92 Å². The van der Waals surface area contributed by atoms with Gasteiger partial charge in [-0.3, -0.25) is 4.57 Å². The van der Waals surface area contributed by atoms with Crippen molar-refractivity contribution in [2.75, 3.05) is 6.61 Å². The Labute approximate surface area is 149 Å². The molecule has 0 aliphatic heterocycles. The van der Waals surface area contributed by atoms with Crippen molar-refractivity contribution in [2.24, 2.45) is 0 Å². The van der Waals surface area contributed by atoms with Gasteiger partial charge < -0.3 is 9.15 Å². The van der Waals surface area contributed by atoms with Gasteiger partial charge in [-0.15, -0.1) is 0 Å². The Morgan fingerprint density at radius 1 is 0.962 bits per heavy atom. The van der Waals surface area contributed by atoms with E-state index in [9.17, 15) is 9.59 Å². The highest BCUT2D eigenvalue weighted by atomic mass is 16.5. The molecule has 3 aromatic carbocycles. The summed E-state index contributed by atoms with van der Waals surface area (Å²) >= 11 is 0. The highest BCUT2D eigenvalue weighted by Gasteiger charge is 2.10. The van der Waals surface area contributed by atoms with Crippen LogP contribution in [-0.4, -0.2) is 11.2 Å². The fourth-order valence-corrected chi connectivity index (χ4v) is 3.12. The Hall–Kier alpha value is -3.34. The lowest BCUT2D eigenvalue weighted by Gasteiger charge is -2.12. The number of benzene rings is 3. The van der Waals surface area contributed by atoms with Crippen LogP contribution in [0.1, 0.15) is 5.56 Å². The Bertz CT molecular complexity index is 1210. The summed E-state index contributed by atoms with van der Waals surface area (Å²) in [7, 11) is 0. The second-order valence-electron chi connectivity index (χ2n) is 6.15. The van der Waals surface area contributed by atoms with Crippen LogP contribution in [-0.2, 0) is 6.54 Å². The Balaban J connectivity index is 1.64. The zero-order valence-electron chi connectivity index (χ0n) is 14.3. The molecule has 0 radical (unpaired) electrons. The minimum absolute atomic E-state index is 0.282. The summed E-state index contributed by atoms with van der Waals surface area (Å²) in [6, 6.07) is 19.2. The molecule has 0 saturated carbocycles. The number of nitrogens with zero attached hydrogens (tertiary/aromatic N) is 1. The van der Waals surface area contributed by atoms with E-state index in [1.165, 1.54) is 4.57 Å². The molecule has 5 heteroatoms. The summed E-state index contributed by atoms with van der Waals surface area (Å²) < 4.78 is 12.2. The average molecular weight is 347 g/mol. The first kappa shape index (κ1) is 16.1. The smallest absolute Gasteiger partial charge is 0.422 e. The molecule has 0 saturated heterocycles. The van der Waals surface area contributed by atoms with Crippen LogP contribution in [0.5, 0.6) is 5.75 Å². The van der Waals surface area contributed by atoms with Crippen molar-refractivity contribution < 1.29 is 9.15 Å². The van der Waals surface area contributed by atoms with Crippen LogP contribution in [0.2, 0.25) is 0 Å². The first-order valence-electron chi connectivity index (χ1n) is 8.38. The highest BCUT2D eigenvalue weighted by molar-refractivity contribution is 5.88. The van der Waals surface area contributed by atoms with Crippen molar-refractivity contribution in [3.05, 3.63) is 87.2 Å². The number of hydrogen-bond donors (Lipinski definition) is 0. The molecule has 0 unspecified atom stereocenters. The van der Waals surface area contributed by atoms with E-state index >= 15 is 0 Å². The lowest BCUT2D eigenvalue weighted by molar-refractivity contribution is 0.290. The number of aromatic nitrogens is 1. The number of aryl methyl sites for hydroxylation is 1. The van der Waals surface area contributed by atoms with Gasteiger partial charge in [0.25, 0.3) is 0 Å². The molecule has 130 valence electrons. The first-order valence-corrected chi connectivity index (χ1v) is 8.38. The van der Waals surface area contributed by atoms with Crippen LogP contribution in [0.3, 0.4) is 0 Å². The minimum Gasteiger partial charge on any atom is -0.491 e. The van der Waals surface area contributed by atoms with Gasteiger partial charge in [-0.1, -0.05) is 48.0 Å². The molecule has 0 spiro atoms. The predicted molar refractivity (Wildman–Crippen MR) is 101 cm³/mol. The van der Waals surface area contributed by atoms with E-state index in [1.54, 1.807) is 12.1 Å². The van der Waals surface area contributed by atoms with E-state index in [1.807, 2.05) is 55.5 Å². The van der Waals surface area contributed by atoms with E-state index < -0.39 is 11.4 Å². The predicted octanol–water partition coefficient (Wildman–Crippen LogP) is 3.50. The molecule has 0 bridgehead atoms. The summed E-state index contributed by atoms with van der Waals surface area (Å²) in [5, 5.41) is 2.51. The summed E-state index contributed by atoms with van der Waals surface area (Å²) in [5.74, 6) is 0.0848. The Morgan fingerprint density at radius 3 is 2.65 bits per heavy atom. The third kappa shape index (κ3) is 2.88. The minimum atomic E-state index is -0.673. The molecule has 0 aliphatic rings. The molecule has 4 aromatic rings. The number of ether oxygens (including phenoxy) is 1.